The summed E-state index contributed by atoms with van der Waals surface area (Å²) < 4.78 is 6.29. The molecule has 126 valence electrons. The fourth-order valence-corrected chi connectivity index (χ4v) is 2.51. The van der Waals surface area contributed by atoms with Crippen LogP contribution in [0.25, 0.3) is 0 Å². The summed E-state index contributed by atoms with van der Waals surface area (Å²) in [5, 5.41) is 2.81. The molecule has 0 aliphatic heterocycles. The Hall–Kier alpha value is -2.34. The lowest BCUT2D eigenvalue weighted by atomic mass is 10.1. The van der Waals surface area contributed by atoms with E-state index in [1.165, 1.54) is 4.90 Å². The van der Waals surface area contributed by atoms with Crippen LogP contribution in [0.1, 0.15) is 27.6 Å². The maximum Gasteiger partial charge on any atom is 0.259 e. The van der Waals surface area contributed by atoms with Crippen molar-refractivity contribution in [3.8, 4) is 5.75 Å². The molecule has 2 rings (SSSR count). The van der Waals surface area contributed by atoms with Crippen molar-refractivity contribution < 1.29 is 14.3 Å². The number of carbonyl (C=O) groups is 2. The number of hydrogen-bond donors (Lipinski definition) is 1. The number of hydrogen-bond acceptors (Lipinski definition) is 3. The molecule has 0 aromatic heterocycles. The molecular weight excluding hydrogens is 372 g/mol. The summed E-state index contributed by atoms with van der Waals surface area (Å²) in [6, 6.07) is 12.1. The highest BCUT2D eigenvalue weighted by Crippen LogP contribution is 2.24. The Labute approximate surface area is 149 Å². The molecule has 0 spiro atoms. The third-order valence-electron chi connectivity index (χ3n) is 3.26. The number of nitrogens with zero attached hydrogens (tertiary/aromatic N) is 1. The van der Waals surface area contributed by atoms with Crippen LogP contribution >= 0.6 is 15.9 Å². The van der Waals surface area contributed by atoms with Gasteiger partial charge in [0.15, 0.2) is 0 Å². The van der Waals surface area contributed by atoms with Crippen LogP contribution in [0.15, 0.2) is 46.9 Å². The lowest BCUT2D eigenvalue weighted by molar-refractivity contribution is 0.0827. The third-order valence-corrected chi connectivity index (χ3v) is 3.75. The molecule has 0 aliphatic rings. The van der Waals surface area contributed by atoms with Crippen molar-refractivity contribution >= 4 is 33.4 Å². The molecule has 0 aliphatic carbocycles. The zero-order valence-electron chi connectivity index (χ0n) is 13.8. The summed E-state index contributed by atoms with van der Waals surface area (Å²) in [6.07, 6.45) is 0. The van der Waals surface area contributed by atoms with Crippen LogP contribution in [0.2, 0.25) is 0 Å². The first-order chi connectivity index (χ1) is 11.4. The van der Waals surface area contributed by atoms with Crippen molar-refractivity contribution in [3.63, 3.8) is 0 Å². The van der Waals surface area contributed by atoms with Crippen LogP contribution in [0.3, 0.4) is 0 Å². The molecule has 2 aromatic carbocycles. The molecule has 0 radical (unpaired) electrons. The first kappa shape index (κ1) is 18.0. The lowest BCUT2D eigenvalue weighted by Gasteiger charge is -2.13. The molecule has 0 heterocycles. The van der Waals surface area contributed by atoms with Crippen molar-refractivity contribution in [1.82, 2.24) is 4.90 Å². The van der Waals surface area contributed by atoms with Crippen LogP contribution in [-0.4, -0.2) is 37.4 Å². The van der Waals surface area contributed by atoms with Crippen LogP contribution in [0, 0.1) is 0 Å². The van der Waals surface area contributed by atoms with E-state index < -0.39 is 0 Å². The minimum absolute atomic E-state index is 0.122. The first-order valence-corrected chi connectivity index (χ1v) is 8.27. The van der Waals surface area contributed by atoms with E-state index in [0.29, 0.717) is 29.2 Å². The van der Waals surface area contributed by atoms with Gasteiger partial charge in [0.1, 0.15) is 5.75 Å². The number of ether oxygens (including phenoxy) is 1. The molecule has 0 unspecified atom stereocenters. The van der Waals surface area contributed by atoms with Crippen LogP contribution in [0.5, 0.6) is 5.75 Å². The molecule has 0 saturated carbocycles. The fourth-order valence-electron chi connectivity index (χ4n) is 2.15. The number of carbonyl (C=O) groups excluding carboxylic acids is 2. The van der Waals surface area contributed by atoms with E-state index in [1.54, 1.807) is 50.5 Å². The summed E-state index contributed by atoms with van der Waals surface area (Å²) in [7, 11) is 3.37. The third kappa shape index (κ3) is 4.35. The Morgan fingerprint density at radius 1 is 1.17 bits per heavy atom. The molecule has 2 aromatic rings. The number of rotatable bonds is 5. The molecule has 5 nitrogen and oxygen atoms in total. The van der Waals surface area contributed by atoms with Gasteiger partial charge in [-0.05, 0) is 43.3 Å². The topological polar surface area (TPSA) is 58.6 Å². The average Bonchev–Trinajstić information content (AvgIpc) is 2.56. The Balaban J connectivity index is 2.26. The molecule has 1 N–H and O–H groups in total. The van der Waals surface area contributed by atoms with Gasteiger partial charge in [0.25, 0.3) is 11.8 Å². The predicted molar refractivity (Wildman–Crippen MR) is 97.7 cm³/mol. The largest absolute Gasteiger partial charge is 0.493 e. The monoisotopic (exact) mass is 390 g/mol. The molecule has 0 bridgehead atoms. The van der Waals surface area contributed by atoms with Gasteiger partial charge in [-0.25, -0.2) is 0 Å². The SMILES string of the molecule is CCOc1ccc(Br)cc1C(=O)Nc1cccc(C(=O)N(C)C)c1. The number of amides is 2. The van der Waals surface area contributed by atoms with Crippen molar-refractivity contribution in [2.75, 3.05) is 26.0 Å². The maximum absolute atomic E-state index is 12.6. The molecule has 0 fully saturated rings. The molecule has 2 amide bonds. The van der Waals surface area contributed by atoms with Gasteiger partial charge >= 0.3 is 0 Å². The summed E-state index contributed by atoms with van der Waals surface area (Å²) >= 11 is 3.36. The molecule has 0 atom stereocenters. The van der Waals surface area contributed by atoms with Crippen LogP contribution in [-0.2, 0) is 0 Å². The highest BCUT2D eigenvalue weighted by molar-refractivity contribution is 9.10. The number of anilines is 1. The molecular formula is C18H19BrN2O3. The predicted octanol–water partition coefficient (Wildman–Crippen LogP) is 3.80. The second-order valence-corrected chi connectivity index (χ2v) is 6.22. The van der Waals surface area contributed by atoms with Gasteiger partial charge in [-0.1, -0.05) is 22.0 Å². The van der Waals surface area contributed by atoms with E-state index in [4.69, 9.17) is 4.74 Å². The van der Waals surface area contributed by atoms with E-state index >= 15 is 0 Å². The van der Waals surface area contributed by atoms with E-state index in [9.17, 15) is 9.59 Å². The van der Waals surface area contributed by atoms with Gasteiger partial charge in [-0.2, -0.15) is 0 Å². The molecule has 6 heteroatoms. The quantitative estimate of drug-likeness (QED) is 0.844. The van der Waals surface area contributed by atoms with E-state index in [1.807, 2.05) is 13.0 Å². The zero-order valence-corrected chi connectivity index (χ0v) is 15.4. The average molecular weight is 391 g/mol. The standard InChI is InChI=1S/C18H19BrN2O3/c1-4-24-16-9-8-13(19)11-15(16)17(22)20-14-7-5-6-12(10-14)18(23)21(2)3/h5-11H,4H2,1-3H3,(H,20,22). The zero-order chi connectivity index (χ0) is 17.7. The summed E-state index contributed by atoms with van der Waals surface area (Å²) in [6.45, 7) is 2.33. The molecule has 0 saturated heterocycles. The Morgan fingerprint density at radius 3 is 2.58 bits per heavy atom. The van der Waals surface area contributed by atoms with Gasteiger partial charge in [-0.15, -0.1) is 0 Å². The van der Waals surface area contributed by atoms with E-state index in [0.717, 1.165) is 4.47 Å². The minimum Gasteiger partial charge on any atom is -0.493 e. The number of benzene rings is 2. The number of nitrogens with one attached hydrogen (secondary N) is 1. The molecule has 24 heavy (non-hydrogen) atoms. The fraction of sp³-hybridized carbons (Fsp3) is 0.222. The minimum atomic E-state index is -0.297. The maximum atomic E-state index is 12.6. The Morgan fingerprint density at radius 2 is 1.92 bits per heavy atom. The van der Waals surface area contributed by atoms with Crippen molar-refractivity contribution in [3.05, 3.63) is 58.1 Å². The Bertz CT molecular complexity index is 760. The Kier molecular flexibility index (Phi) is 5.98. The van der Waals surface area contributed by atoms with Gasteiger partial charge in [0.2, 0.25) is 0 Å². The smallest absolute Gasteiger partial charge is 0.259 e. The van der Waals surface area contributed by atoms with E-state index in [-0.39, 0.29) is 11.8 Å². The van der Waals surface area contributed by atoms with Crippen LogP contribution in [0.4, 0.5) is 5.69 Å². The van der Waals surface area contributed by atoms with Crippen molar-refractivity contribution in [2.45, 2.75) is 6.92 Å². The summed E-state index contributed by atoms with van der Waals surface area (Å²) in [5.74, 6) is 0.0940. The van der Waals surface area contributed by atoms with Crippen LogP contribution < -0.4 is 10.1 Å². The summed E-state index contributed by atoms with van der Waals surface area (Å²) in [5.41, 5.74) is 1.49. The van der Waals surface area contributed by atoms with Gasteiger partial charge in [-0.3, -0.25) is 9.59 Å². The van der Waals surface area contributed by atoms with Gasteiger partial charge < -0.3 is 15.0 Å². The lowest BCUT2D eigenvalue weighted by Crippen LogP contribution is -2.22. The van der Waals surface area contributed by atoms with Crippen molar-refractivity contribution in [1.29, 1.82) is 0 Å². The van der Waals surface area contributed by atoms with Crippen molar-refractivity contribution in [2.24, 2.45) is 0 Å². The van der Waals surface area contributed by atoms with Gasteiger partial charge in [0.05, 0.1) is 12.2 Å². The normalized spacial score (nSPS) is 10.2. The summed E-state index contributed by atoms with van der Waals surface area (Å²) in [4.78, 5) is 26.1. The second-order valence-electron chi connectivity index (χ2n) is 5.31. The highest BCUT2D eigenvalue weighted by Gasteiger charge is 2.15. The van der Waals surface area contributed by atoms with Gasteiger partial charge in [0, 0.05) is 29.8 Å². The first-order valence-electron chi connectivity index (χ1n) is 7.47. The van der Waals surface area contributed by atoms with E-state index in [2.05, 4.69) is 21.2 Å². The second kappa shape index (κ2) is 7.97. The highest BCUT2D eigenvalue weighted by atomic mass is 79.9. The number of halogens is 1.